The number of benzene rings is 2. The molecule has 182 valence electrons. The molecular weight excluding hydrogens is 459 g/mol. The van der Waals surface area contributed by atoms with Crippen LogP contribution in [0.25, 0.3) is 0 Å². The van der Waals surface area contributed by atoms with E-state index in [2.05, 4.69) is 10.6 Å². The molecule has 1 heterocycles. The molecule has 0 radical (unpaired) electrons. The van der Waals surface area contributed by atoms with Crippen molar-refractivity contribution in [2.24, 2.45) is 0 Å². The largest absolute Gasteiger partial charge is 0.416 e. The molecule has 0 bridgehead atoms. The highest BCUT2D eigenvalue weighted by molar-refractivity contribution is 6.08. The van der Waals surface area contributed by atoms with Crippen molar-refractivity contribution in [3.05, 3.63) is 70.8 Å². The molecule has 5 nitrogen and oxygen atoms in total. The smallest absolute Gasteiger partial charge is 0.373 e. The first-order valence-corrected chi connectivity index (χ1v) is 10.7. The lowest BCUT2D eigenvalue weighted by atomic mass is 9.54. The van der Waals surface area contributed by atoms with E-state index in [-0.39, 0.29) is 25.0 Å². The molecule has 1 spiro atoms. The lowest BCUT2D eigenvalue weighted by Gasteiger charge is -2.53. The summed E-state index contributed by atoms with van der Waals surface area (Å²) in [5.41, 5.74) is -2.89. The van der Waals surface area contributed by atoms with Crippen LogP contribution in [0.3, 0.4) is 0 Å². The zero-order chi connectivity index (χ0) is 24.9. The van der Waals surface area contributed by atoms with E-state index in [1.807, 2.05) is 18.2 Å². The molecule has 1 saturated heterocycles. The number of carbonyl (C=O) groups excluding carboxylic acids is 2. The number of carbonyl (C=O) groups is 2. The minimum atomic E-state index is -4.80. The lowest BCUT2D eigenvalue weighted by Crippen LogP contribution is -2.65. The number of hydrogen-bond acceptors (Lipinski definition) is 3. The van der Waals surface area contributed by atoms with Crippen molar-refractivity contribution >= 4 is 11.9 Å². The van der Waals surface area contributed by atoms with Gasteiger partial charge in [0.15, 0.2) is 0 Å². The summed E-state index contributed by atoms with van der Waals surface area (Å²) in [6.07, 6.45) is -5.27. The van der Waals surface area contributed by atoms with E-state index < -0.39 is 52.2 Å². The number of amides is 3. The van der Waals surface area contributed by atoms with Crippen molar-refractivity contribution in [2.45, 2.75) is 55.8 Å². The predicted molar refractivity (Wildman–Crippen MR) is 112 cm³/mol. The van der Waals surface area contributed by atoms with E-state index in [4.69, 9.17) is 4.74 Å². The second kappa shape index (κ2) is 8.04. The summed E-state index contributed by atoms with van der Waals surface area (Å²) >= 11 is 0. The van der Waals surface area contributed by atoms with Gasteiger partial charge >= 0.3 is 12.2 Å². The molecule has 4 rings (SSSR count). The monoisotopic (exact) mass is 482 g/mol. The Morgan fingerprint density at radius 3 is 2.15 bits per heavy atom. The Balaban J connectivity index is 1.60. The van der Waals surface area contributed by atoms with Crippen molar-refractivity contribution in [3.8, 4) is 0 Å². The number of imide groups is 1. The third-order valence-electron chi connectivity index (χ3n) is 6.55. The minimum Gasteiger partial charge on any atom is -0.373 e. The number of urea groups is 1. The van der Waals surface area contributed by atoms with Crippen LogP contribution in [0.4, 0.5) is 26.7 Å². The third-order valence-corrected chi connectivity index (χ3v) is 6.55. The van der Waals surface area contributed by atoms with Crippen LogP contribution in [-0.4, -0.2) is 24.1 Å². The van der Waals surface area contributed by atoms with Gasteiger partial charge < -0.3 is 10.1 Å². The van der Waals surface area contributed by atoms with Crippen molar-refractivity contribution in [1.29, 1.82) is 0 Å². The maximum atomic E-state index is 13.9. The summed E-state index contributed by atoms with van der Waals surface area (Å²) in [5.74, 6) is -3.90. The Kier molecular flexibility index (Phi) is 5.70. The molecule has 2 aliphatic rings. The van der Waals surface area contributed by atoms with Crippen LogP contribution in [0.15, 0.2) is 48.5 Å². The maximum Gasteiger partial charge on any atom is 0.416 e. The first kappa shape index (κ1) is 24.1. The molecule has 10 heteroatoms. The van der Waals surface area contributed by atoms with E-state index in [1.165, 1.54) is 6.92 Å². The SMILES string of the molecule is CC(OCC1(c2ccccc2)CC2(C1)NC(=O)NC2=O)c1cc(C(C)(F)F)cc(C(F)(F)F)c1. The van der Waals surface area contributed by atoms with E-state index in [9.17, 15) is 31.5 Å². The normalized spacial score (nSPS) is 25.6. The van der Waals surface area contributed by atoms with E-state index >= 15 is 0 Å². The van der Waals surface area contributed by atoms with Crippen molar-refractivity contribution in [3.63, 3.8) is 0 Å². The Bertz CT molecular complexity index is 1070. The first-order chi connectivity index (χ1) is 15.7. The molecule has 0 aromatic heterocycles. The van der Waals surface area contributed by atoms with Crippen LogP contribution < -0.4 is 10.6 Å². The average molecular weight is 482 g/mol. The third kappa shape index (κ3) is 4.38. The molecular formula is C24H23F5N2O3. The second-order valence-electron chi connectivity index (χ2n) is 9.17. The highest BCUT2D eigenvalue weighted by Gasteiger charge is 2.63. The van der Waals surface area contributed by atoms with Gasteiger partial charge in [0.2, 0.25) is 0 Å². The van der Waals surface area contributed by atoms with Crippen LogP contribution in [-0.2, 0) is 27.0 Å². The fourth-order valence-electron chi connectivity index (χ4n) is 4.75. The number of rotatable bonds is 6. The van der Waals surface area contributed by atoms with E-state index in [0.717, 1.165) is 17.7 Å². The highest BCUT2D eigenvalue weighted by atomic mass is 19.4. The van der Waals surface area contributed by atoms with Gasteiger partial charge in [-0.15, -0.1) is 0 Å². The van der Waals surface area contributed by atoms with Crippen LogP contribution in [0.2, 0.25) is 0 Å². The summed E-state index contributed by atoms with van der Waals surface area (Å²) in [6.45, 7) is 2.04. The molecule has 34 heavy (non-hydrogen) atoms. The highest BCUT2D eigenvalue weighted by Crippen LogP contribution is 2.52. The topological polar surface area (TPSA) is 67.4 Å². The summed E-state index contributed by atoms with van der Waals surface area (Å²) in [6, 6.07) is 10.8. The molecule has 2 N–H and O–H groups in total. The van der Waals surface area contributed by atoms with Gasteiger partial charge in [-0.2, -0.15) is 13.2 Å². The zero-order valence-corrected chi connectivity index (χ0v) is 18.4. The standard InChI is InChI=1S/C24H23F5N2O3/c1-14(15-8-17(21(2,25)26)10-18(9-15)24(27,28)29)34-13-22(16-6-4-3-5-7-16)11-23(12-22)19(32)30-20(33)31-23/h3-10,14H,11-13H2,1-2H3,(H2,30,31,32,33). The number of halogens is 5. The zero-order valence-electron chi connectivity index (χ0n) is 18.4. The fraction of sp³-hybridized carbons (Fsp3) is 0.417. The minimum absolute atomic E-state index is 0.0111. The average Bonchev–Trinajstić information content (AvgIpc) is 3.03. The summed E-state index contributed by atoms with van der Waals surface area (Å²) in [4.78, 5) is 24.0. The van der Waals surface area contributed by atoms with Crippen LogP contribution in [0.5, 0.6) is 0 Å². The summed E-state index contributed by atoms with van der Waals surface area (Å²) < 4.78 is 73.7. The van der Waals surface area contributed by atoms with Crippen molar-refractivity contribution in [2.75, 3.05) is 6.61 Å². The van der Waals surface area contributed by atoms with Gasteiger partial charge in [-0.05, 0) is 49.1 Å². The quantitative estimate of drug-likeness (QED) is 0.439. The Labute approximate surface area is 192 Å². The molecule has 2 aromatic carbocycles. The molecule has 1 saturated carbocycles. The fourth-order valence-corrected chi connectivity index (χ4v) is 4.75. The Morgan fingerprint density at radius 1 is 1.00 bits per heavy atom. The lowest BCUT2D eigenvalue weighted by molar-refractivity contribution is -0.138. The second-order valence-corrected chi connectivity index (χ2v) is 9.17. The van der Waals surface area contributed by atoms with Gasteiger partial charge in [-0.1, -0.05) is 30.3 Å². The molecule has 1 atom stereocenters. The number of nitrogens with one attached hydrogen (secondary N) is 2. The molecule has 1 unspecified atom stereocenters. The van der Waals surface area contributed by atoms with Crippen molar-refractivity contribution < 1.29 is 36.3 Å². The van der Waals surface area contributed by atoms with Gasteiger partial charge in [0.25, 0.3) is 11.8 Å². The van der Waals surface area contributed by atoms with Gasteiger partial charge in [-0.25, -0.2) is 13.6 Å². The number of alkyl halides is 5. The Morgan fingerprint density at radius 2 is 1.62 bits per heavy atom. The van der Waals surface area contributed by atoms with Crippen LogP contribution in [0, 0.1) is 0 Å². The molecule has 3 amide bonds. The molecule has 2 fully saturated rings. The van der Waals surface area contributed by atoms with E-state index in [0.29, 0.717) is 13.0 Å². The number of ether oxygens (including phenoxy) is 1. The van der Waals surface area contributed by atoms with Crippen LogP contribution >= 0.6 is 0 Å². The number of hydrogen-bond donors (Lipinski definition) is 2. The molecule has 1 aliphatic heterocycles. The van der Waals surface area contributed by atoms with Gasteiger partial charge in [0.1, 0.15) is 5.54 Å². The molecule has 2 aromatic rings. The van der Waals surface area contributed by atoms with Crippen molar-refractivity contribution in [1.82, 2.24) is 10.6 Å². The van der Waals surface area contributed by atoms with Gasteiger partial charge in [0.05, 0.1) is 18.3 Å². The maximum absolute atomic E-state index is 13.9. The van der Waals surface area contributed by atoms with E-state index in [1.54, 1.807) is 12.1 Å². The Hall–Kier alpha value is -3.01. The van der Waals surface area contributed by atoms with Gasteiger partial charge in [-0.3, -0.25) is 10.1 Å². The molecule has 1 aliphatic carbocycles. The van der Waals surface area contributed by atoms with Crippen LogP contribution in [0.1, 0.15) is 55.0 Å². The summed E-state index contributed by atoms with van der Waals surface area (Å²) in [5, 5.41) is 4.87. The van der Waals surface area contributed by atoms with Gasteiger partial charge in [0, 0.05) is 17.9 Å². The first-order valence-electron chi connectivity index (χ1n) is 10.7. The summed E-state index contributed by atoms with van der Waals surface area (Å²) in [7, 11) is 0. The predicted octanol–water partition coefficient (Wildman–Crippen LogP) is 5.20.